The number of hydrogen-bond acceptors (Lipinski definition) is 3. The summed E-state index contributed by atoms with van der Waals surface area (Å²) >= 11 is 0. The fourth-order valence-corrected chi connectivity index (χ4v) is 2.34. The monoisotopic (exact) mass is 254 g/mol. The number of ether oxygens (including phenoxy) is 1. The number of fused-ring (bicyclic) bond motifs is 1. The Balaban J connectivity index is 1.95. The second-order valence-corrected chi connectivity index (χ2v) is 4.57. The highest BCUT2D eigenvalue weighted by molar-refractivity contribution is 6.02. The number of hydrogen-bond donors (Lipinski definition) is 1. The number of aliphatic hydroxyl groups is 1. The molecule has 0 aromatic heterocycles. The Morgan fingerprint density at radius 2 is 1.89 bits per heavy atom. The molecule has 0 saturated carbocycles. The van der Waals surface area contributed by atoms with Gasteiger partial charge in [-0.2, -0.15) is 0 Å². The standard InChI is InChI=1S/C16H14O3/c17-14(11-5-2-1-3-6-11)15(18)13-8-4-7-12-9-10-19-16(12)13/h1-8,14,17H,9-10H2. The summed E-state index contributed by atoms with van der Waals surface area (Å²) in [6, 6.07) is 14.4. The molecule has 0 saturated heterocycles. The number of Topliss-reactive ketones (excluding diaryl/α,β-unsaturated/α-hetero) is 1. The number of rotatable bonds is 3. The molecule has 1 atom stereocenters. The number of ketones is 1. The van der Waals surface area contributed by atoms with Crippen molar-refractivity contribution in [1.82, 2.24) is 0 Å². The quantitative estimate of drug-likeness (QED) is 0.856. The third-order valence-corrected chi connectivity index (χ3v) is 3.34. The van der Waals surface area contributed by atoms with E-state index in [-0.39, 0.29) is 5.78 Å². The molecule has 0 spiro atoms. The lowest BCUT2D eigenvalue weighted by Crippen LogP contribution is -2.13. The molecule has 1 aliphatic heterocycles. The van der Waals surface area contributed by atoms with Gasteiger partial charge in [-0.05, 0) is 17.2 Å². The lowest BCUT2D eigenvalue weighted by atomic mass is 9.97. The van der Waals surface area contributed by atoms with Gasteiger partial charge in [-0.1, -0.05) is 42.5 Å². The molecular formula is C16H14O3. The van der Waals surface area contributed by atoms with Crippen LogP contribution >= 0.6 is 0 Å². The molecule has 3 nitrogen and oxygen atoms in total. The summed E-state index contributed by atoms with van der Waals surface area (Å²) in [5, 5.41) is 10.2. The van der Waals surface area contributed by atoms with E-state index in [4.69, 9.17) is 4.74 Å². The maximum absolute atomic E-state index is 12.4. The molecule has 96 valence electrons. The lowest BCUT2D eigenvalue weighted by Gasteiger charge is -2.12. The topological polar surface area (TPSA) is 46.5 Å². The number of para-hydroxylation sites is 1. The van der Waals surface area contributed by atoms with Gasteiger partial charge in [0, 0.05) is 6.42 Å². The Kier molecular flexibility index (Phi) is 3.05. The molecule has 0 aliphatic carbocycles. The highest BCUT2D eigenvalue weighted by atomic mass is 16.5. The molecule has 0 amide bonds. The molecule has 0 fully saturated rings. The van der Waals surface area contributed by atoms with Crippen LogP contribution in [-0.4, -0.2) is 17.5 Å². The number of carbonyl (C=O) groups is 1. The van der Waals surface area contributed by atoms with E-state index in [0.717, 1.165) is 12.0 Å². The second-order valence-electron chi connectivity index (χ2n) is 4.57. The average molecular weight is 254 g/mol. The normalized spacial score (nSPS) is 14.6. The van der Waals surface area contributed by atoms with Crippen molar-refractivity contribution in [2.75, 3.05) is 6.61 Å². The minimum absolute atomic E-state index is 0.315. The fourth-order valence-electron chi connectivity index (χ4n) is 2.34. The zero-order valence-corrected chi connectivity index (χ0v) is 10.4. The molecule has 19 heavy (non-hydrogen) atoms. The summed E-state index contributed by atoms with van der Waals surface area (Å²) in [7, 11) is 0. The van der Waals surface area contributed by atoms with Gasteiger partial charge in [-0.3, -0.25) is 4.79 Å². The van der Waals surface area contributed by atoms with Gasteiger partial charge in [-0.15, -0.1) is 0 Å². The fraction of sp³-hybridized carbons (Fsp3) is 0.188. The third-order valence-electron chi connectivity index (χ3n) is 3.34. The van der Waals surface area contributed by atoms with Crippen LogP contribution in [-0.2, 0) is 6.42 Å². The zero-order chi connectivity index (χ0) is 13.2. The molecule has 0 radical (unpaired) electrons. The van der Waals surface area contributed by atoms with Gasteiger partial charge < -0.3 is 9.84 Å². The molecular weight excluding hydrogens is 240 g/mol. The molecule has 3 rings (SSSR count). The average Bonchev–Trinajstić information content (AvgIpc) is 2.95. The van der Waals surface area contributed by atoms with Gasteiger partial charge in [0.25, 0.3) is 0 Å². The Labute approximate surface area is 111 Å². The first-order valence-electron chi connectivity index (χ1n) is 6.29. The minimum Gasteiger partial charge on any atom is -0.492 e. The van der Waals surface area contributed by atoms with Crippen molar-refractivity contribution in [3.05, 3.63) is 65.2 Å². The maximum Gasteiger partial charge on any atom is 0.199 e. The number of carbonyl (C=O) groups excluding carboxylic acids is 1. The van der Waals surface area contributed by atoms with Crippen LogP contribution in [0.25, 0.3) is 0 Å². The van der Waals surface area contributed by atoms with Crippen LogP contribution in [0.4, 0.5) is 0 Å². The zero-order valence-electron chi connectivity index (χ0n) is 10.4. The van der Waals surface area contributed by atoms with Crippen LogP contribution in [0, 0.1) is 0 Å². The molecule has 2 aromatic carbocycles. The molecule has 2 aromatic rings. The van der Waals surface area contributed by atoms with Crippen molar-refractivity contribution >= 4 is 5.78 Å². The molecule has 1 unspecified atom stereocenters. The van der Waals surface area contributed by atoms with E-state index in [2.05, 4.69) is 0 Å². The first kappa shape index (κ1) is 11.9. The van der Waals surface area contributed by atoms with Gasteiger partial charge >= 0.3 is 0 Å². The minimum atomic E-state index is -1.14. The van der Waals surface area contributed by atoms with Crippen molar-refractivity contribution < 1.29 is 14.6 Å². The third kappa shape index (κ3) is 2.13. The summed E-state index contributed by atoms with van der Waals surface area (Å²) < 4.78 is 5.50. The van der Waals surface area contributed by atoms with Crippen molar-refractivity contribution in [3.63, 3.8) is 0 Å². The predicted octanol–water partition coefficient (Wildman–Crippen LogP) is 2.54. The SMILES string of the molecule is O=C(c1cccc2c1OCC2)C(O)c1ccccc1. The Bertz CT molecular complexity index is 605. The summed E-state index contributed by atoms with van der Waals surface area (Å²) in [5.74, 6) is 0.312. The first-order chi connectivity index (χ1) is 9.27. The molecule has 1 N–H and O–H groups in total. The van der Waals surface area contributed by atoms with E-state index in [1.54, 1.807) is 30.3 Å². The first-order valence-corrected chi connectivity index (χ1v) is 6.29. The maximum atomic E-state index is 12.4. The van der Waals surface area contributed by atoms with Crippen LogP contribution in [0.3, 0.4) is 0 Å². The molecule has 0 bridgehead atoms. The van der Waals surface area contributed by atoms with Crippen LogP contribution in [0.15, 0.2) is 48.5 Å². The summed E-state index contributed by atoms with van der Waals surface area (Å²) in [6.45, 7) is 0.598. The van der Waals surface area contributed by atoms with Crippen LogP contribution in [0.1, 0.15) is 27.6 Å². The van der Waals surface area contributed by atoms with E-state index in [9.17, 15) is 9.90 Å². The van der Waals surface area contributed by atoms with Gasteiger partial charge in [0.05, 0.1) is 12.2 Å². The van der Waals surface area contributed by atoms with Crippen LogP contribution < -0.4 is 4.74 Å². The summed E-state index contributed by atoms with van der Waals surface area (Å²) in [4.78, 5) is 12.4. The van der Waals surface area contributed by atoms with E-state index in [1.807, 2.05) is 18.2 Å². The predicted molar refractivity (Wildman–Crippen MR) is 71.4 cm³/mol. The molecule has 3 heteroatoms. The second kappa shape index (κ2) is 4.86. The van der Waals surface area contributed by atoms with E-state index in [0.29, 0.717) is 23.5 Å². The summed E-state index contributed by atoms with van der Waals surface area (Å²) in [5.41, 5.74) is 2.10. The number of benzene rings is 2. The van der Waals surface area contributed by atoms with Crippen molar-refractivity contribution in [1.29, 1.82) is 0 Å². The smallest absolute Gasteiger partial charge is 0.199 e. The van der Waals surface area contributed by atoms with Crippen LogP contribution in [0.2, 0.25) is 0 Å². The largest absolute Gasteiger partial charge is 0.492 e. The Morgan fingerprint density at radius 3 is 2.68 bits per heavy atom. The number of aliphatic hydroxyl groups excluding tert-OH is 1. The van der Waals surface area contributed by atoms with E-state index >= 15 is 0 Å². The van der Waals surface area contributed by atoms with Crippen LogP contribution in [0.5, 0.6) is 5.75 Å². The van der Waals surface area contributed by atoms with Crippen molar-refractivity contribution in [2.24, 2.45) is 0 Å². The van der Waals surface area contributed by atoms with E-state index in [1.165, 1.54) is 0 Å². The highest BCUT2D eigenvalue weighted by Gasteiger charge is 2.25. The van der Waals surface area contributed by atoms with Crippen molar-refractivity contribution in [3.8, 4) is 5.75 Å². The summed E-state index contributed by atoms with van der Waals surface area (Å²) in [6.07, 6.45) is -0.324. The Hall–Kier alpha value is -2.13. The highest BCUT2D eigenvalue weighted by Crippen LogP contribution is 2.32. The van der Waals surface area contributed by atoms with Gasteiger partial charge in [0.1, 0.15) is 11.9 Å². The van der Waals surface area contributed by atoms with Crippen molar-refractivity contribution in [2.45, 2.75) is 12.5 Å². The molecule has 1 heterocycles. The Morgan fingerprint density at radius 1 is 1.11 bits per heavy atom. The van der Waals surface area contributed by atoms with E-state index < -0.39 is 6.10 Å². The van der Waals surface area contributed by atoms with Gasteiger partial charge in [-0.25, -0.2) is 0 Å². The lowest BCUT2D eigenvalue weighted by molar-refractivity contribution is 0.0744. The molecule has 1 aliphatic rings. The van der Waals surface area contributed by atoms with Gasteiger partial charge in [0.2, 0.25) is 0 Å². The van der Waals surface area contributed by atoms with Gasteiger partial charge in [0.15, 0.2) is 5.78 Å².